The summed E-state index contributed by atoms with van der Waals surface area (Å²) in [5, 5.41) is 33.5. The van der Waals surface area contributed by atoms with Crippen LogP contribution in [-0.4, -0.2) is 144 Å². The third-order valence-corrected chi connectivity index (χ3v) is 24.6. The van der Waals surface area contributed by atoms with Gasteiger partial charge in [0.15, 0.2) is 9.84 Å². The smallest absolute Gasteiger partial charge is 0.335 e. The van der Waals surface area contributed by atoms with E-state index in [1.165, 1.54) is 64.5 Å². The minimum Gasteiger partial charge on any atom is -0.392 e. The van der Waals surface area contributed by atoms with E-state index in [4.69, 9.17) is 115 Å². The first-order valence-electron chi connectivity index (χ1n) is 34.4. The highest BCUT2D eigenvalue weighted by atomic mass is 79.9. The predicted molar refractivity (Wildman–Crippen MR) is 426 cm³/mol. The Morgan fingerprint density at radius 1 is 0.466 bits per heavy atom. The van der Waals surface area contributed by atoms with Crippen LogP contribution in [0.25, 0.3) is 0 Å². The van der Waals surface area contributed by atoms with Gasteiger partial charge in [-0.3, -0.25) is 19.6 Å². The summed E-state index contributed by atoms with van der Waals surface area (Å²) in [6.07, 6.45) is 8.64. The number of sulfone groups is 1. The first-order valence-corrected chi connectivity index (χ1v) is 41.5. The number of aryl methyl sites for hydroxylation is 2. The number of benzene rings is 7. The fourth-order valence-electron chi connectivity index (χ4n) is 15.6. The average molecular weight is 1690 g/mol. The van der Waals surface area contributed by atoms with E-state index in [-0.39, 0.29) is 42.4 Å². The summed E-state index contributed by atoms with van der Waals surface area (Å²) in [4.78, 5) is 10.2. The number of rotatable bonds is 9. The molecule has 0 amide bonds. The molecule has 15 nitrogen and oxygen atoms in total. The van der Waals surface area contributed by atoms with E-state index in [0.717, 1.165) is 143 Å². The van der Waals surface area contributed by atoms with Crippen molar-refractivity contribution in [2.75, 3.05) is 69.2 Å². The quantitative estimate of drug-likeness (QED) is 0.0911. The van der Waals surface area contributed by atoms with Crippen LogP contribution in [0.1, 0.15) is 126 Å². The van der Waals surface area contributed by atoms with E-state index in [1.807, 2.05) is 36.4 Å². The fourth-order valence-corrected chi connectivity index (χ4v) is 18.8. The second-order valence-electron chi connectivity index (χ2n) is 28.3. The molecule has 0 unspecified atom stereocenters. The van der Waals surface area contributed by atoms with E-state index in [1.54, 1.807) is 30.3 Å². The van der Waals surface area contributed by atoms with Crippen molar-refractivity contribution in [1.29, 1.82) is 0 Å². The number of aliphatic hydroxyl groups excluding tert-OH is 2. The highest BCUT2D eigenvalue weighted by Crippen LogP contribution is 2.47. The van der Waals surface area contributed by atoms with Gasteiger partial charge < -0.3 is 26.6 Å². The van der Waals surface area contributed by atoms with Crippen LogP contribution in [-0.2, 0) is 58.7 Å². The number of hydrogen-bond acceptors (Lipinski definition) is 15. The van der Waals surface area contributed by atoms with Gasteiger partial charge in [0, 0.05) is 126 Å². The molecule has 0 aromatic heterocycles. The second-order valence-corrected chi connectivity index (χ2v) is 34.9. The van der Waals surface area contributed by atoms with Crippen LogP contribution < -0.4 is 16.4 Å². The molecule has 556 valence electrons. The van der Waals surface area contributed by atoms with Crippen LogP contribution in [0.4, 0.5) is 11.4 Å². The minimum atomic E-state index is -3.04. The van der Waals surface area contributed by atoms with E-state index >= 15 is 0 Å². The lowest BCUT2D eigenvalue weighted by atomic mass is 10.0. The third kappa shape index (κ3) is 21.8. The molecule has 4 heterocycles. The number of β-amino-alcohol motifs (C(OH)–C–C–N with tert-alkyl or cyclic N) is 1. The Kier molecular flexibility index (Phi) is 30.8. The summed E-state index contributed by atoms with van der Waals surface area (Å²) in [5.74, 6) is 2.25. The molecule has 0 spiro atoms. The zero-order valence-electron chi connectivity index (χ0n) is 58.1. The van der Waals surface area contributed by atoms with Crippen LogP contribution in [0, 0.1) is 31.6 Å². The lowest BCUT2D eigenvalue weighted by molar-refractivity contribution is 0.0735. The Balaban J connectivity index is 0.000000150. The number of halogens is 9. The number of hydrogen-bond donors (Lipinski definition) is 5. The number of fused-ring (bicyclic) bond motifs is 4. The summed E-state index contributed by atoms with van der Waals surface area (Å²) < 4.78 is 55.9. The summed E-state index contributed by atoms with van der Waals surface area (Å²) in [5.41, 5.74) is 20.5. The first-order chi connectivity index (χ1) is 49.0. The SMILES string of the molecule is CS(=O)(=O)c1ccc(Br)cc1.C[C@@H]1CCN([C@@H]2c3cc(Cl)cc(Cl)c3C[C@H]2O)C1.C[C@@H]1CCN([C@H]2Cc3c(Cl)cc(Cl)cc3[C@@H]2N)C1.Cc1ccc(N[C@H]2c3cc(Cl)cc(Cl)c3C[C@@H]2N2CC[C@@H](C)C2)cc1.Cc1ccc(N[C@H]2c3cc(Cl)cc(Cl)c3C[C@@H]2N2CC[C@@H](O)C2)cc1.O=S=O.O=S=O. The maximum atomic E-state index is 10.9. The normalized spacial score (nSPS) is 25.2. The van der Waals surface area contributed by atoms with E-state index in [0.29, 0.717) is 49.4 Å². The summed E-state index contributed by atoms with van der Waals surface area (Å²) in [7, 11) is -3.04. The maximum absolute atomic E-state index is 10.9. The standard InChI is InChI=1S/C21H24Cl2N2.C20H22Cl2N2O.C14H18Cl2N2.C14H17Cl2NO.C7H7BrO2S.2O2S/c1-13-3-5-16(6-4-13)24-21-18-9-15(22)10-19(23)17(18)11-20(21)25-8-7-14(2)12-25;1-12-2-4-14(5-3-12)23-20-17-8-13(21)9-18(22)16(17)10-19(20)24-7-6-15(25)11-24;1-8-2-3-18(7-8)13-6-10-11(14(13)17)4-9(15)5-12(10)16;1-8-2-3-17(7-8)14-11-4-9(15)5-12(16)10(11)6-13(14)18;1-11(9,10)7-4-2-6(8)3-5-7;2*1-3-2/h3-6,9-10,14,20-21,24H,7-8,11-12H2,1-2H3;2-5,8-9,15,19-20,23,25H,6-7,10-11H2,1H3;4-5,8,13-14H,2-3,6-7,17H2,1H3;4-5,8,13-14,18H,2-3,6-7H2,1H3;2-5H,1H3;;/t14-,20+,21+;15-,19+,20+;8-,13+,14+;8-,13-,14-;;;/m1111.../s1. The van der Waals surface area contributed by atoms with Gasteiger partial charge in [0.05, 0.1) is 35.2 Å². The molecule has 0 radical (unpaired) electrons. The molecule has 12 atom stereocenters. The summed E-state index contributed by atoms with van der Waals surface area (Å²) in [6, 6.07) is 40.5. The van der Waals surface area contributed by atoms with Crippen LogP contribution in [0.2, 0.25) is 40.2 Å². The van der Waals surface area contributed by atoms with Crippen LogP contribution in [0.3, 0.4) is 0 Å². The van der Waals surface area contributed by atoms with E-state index in [9.17, 15) is 18.6 Å². The average Bonchev–Trinajstić information content (AvgIpc) is 1.64. The minimum absolute atomic E-state index is 0.0431. The van der Waals surface area contributed by atoms with Crippen molar-refractivity contribution in [1.82, 2.24) is 19.6 Å². The number of nitrogens with one attached hydrogen (secondary N) is 2. The van der Waals surface area contributed by atoms with Gasteiger partial charge in [-0.1, -0.05) is 165 Å². The van der Waals surface area contributed by atoms with Gasteiger partial charge in [-0.05, 0) is 238 Å². The molecule has 7 aromatic carbocycles. The van der Waals surface area contributed by atoms with E-state index < -0.39 is 33.0 Å². The van der Waals surface area contributed by atoms with Crippen molar-refractivity contribution in [2.24, 2.45) is 23.5 Å². The van der Waals surface area contributed by atoms with E-state index in [2.05, 4.69) is 135 Å². The van der Waals surface area contributed by atoms with Crippen LogP contribution >= 0.6 is 109 Å². The molecular weight excluding hydrogens is 1600 g/mol. The fraction of sp³-hybridized carbons (Fsp3) is 0.447. The molecule has 27 heteroatoms. The van der Waals surface area contributed by atoms with Crippen molar-refractivity contribution in [2.45, 2.75) is 145 Å². The topological polar surface area (TPSA) is 206 Å². The van der Waals surface area contributed by atoms with Gasteiger partial charge in [-0.2, -0.15) is 16.8 Å². The monoisotopic (exact) mass is 1680 g/mol. The van der Waals surface area contributed by atoms with Crippen molar-refractivity contribution in [3.8, 4) is 0 Å². The molecule has 4 fully saturated rings. The molecule has 4 aliphatic carbocycles. The Morgan fingerprint density at radius 2 is 0.806 bits per heavy atom. The molecule has 0 bridgehead atoms. The summed E-state index contributed by atoms with van der Waals surface area (Å²) >= 11 is 52.0. The maximum Gasteiger partial charge on any atom is 0.335 e. The molecule has 7 aromatic rings. The first kappa shape index (κ1) is 83.3. The Labute approximate surface area is 662 Å². The number of likely N-dealkylation sites (tertiary alicyclic amines) is 4. The Morgan fingerprint density at radius 3 is 1.18 bits per heavy atom. The second kappa shape index (κ2) is 38.1. The van der Waals surface area contributed by atoms with Crippen molar-refractivity contribution >= 4 is 153 Å². The van der Waals surface area contributed by atoms with Crippen molar-refractivity contribution < 1.29 is 35.5 Å². The van der Waals surface area contributed by atoms with Gasteiger partial charge in [0.2, 0.25) is 0 Å². The number of nitrogens with two attached hydrogens (primary N) is 1. The van der Waals surface area contributed by atoms with Gasteiger partial charge in [0.1, 0.15) is 0 Å². The zero-order valence-corrected chi connectivity index (χ0v) is 68.2. The van der Waals surface area contributed by atoms with Gasteiger partial charge in [-0.25, -0.2) is 8.42 Å². The summed E-state index contributed by atoms with van der Waals surface area (Å²) in [6.45, 7) is 19.5. The van der Waals surface area contributed by atoms with Gasteiger partial charge >= 0.3 is 23.1 Å². The Bertz CT molecular complexity index is 4120. The predicted octanol–water partition coefficient (Wildman–Crippen LogP) is 17.2. The molecule has 103 heavy (non-hydrogen) atoms. The molecule has 0 saturated carbocycles. The molecule has 15 rings (SSSR count). The molecule has 8 aliphatic rings. The van der Waals surface area contributed by atoms with Crippen molar-refractivity contribution in [3.63, 3.8) is 0 Å². The lowest BCUT2D eigenvalue weighted by Crippen LogP contribution is -2.39. The van der Waals surface area contributed by atoms with Crippen LogP contribution in [0.5, 0.6) is 0 Å². The zero-order chi connectivity index (χ0) is 74.7. The Hall–Kier alpha value is -3.75. The molecular formula is C76H88BrCl8N7O8S3. The van der Waals surface area contributed by atoms with Crippen LogP contribution in [0.15, 0.2) is 131 Å². The highest BCUT2D eigenvalue weighted by Gasteiger charge is 2.44. The number of aliphatic hydroxyl groups is 2. The lowest BCUT2D eigenvalue weighted by Gasteiger charge is -2.31. The molecule has 4 aliphatic heterocycles. The number of nitrogens with zero attached hydrogens (tertiary/aromatic N) is 4. The van der Waals surface area contributed by atoms with Gasteiger partial charge in [-0.15, -0.1) is 0 Å². The molecule has 6 N–H and O–H groups in total. The highest BCUT2D eigenvalue weighted by molar-refractivity contribution is 9.10. The van der Waals surface area contributed by atoms with Gasteiger partial charge in [0.25, 0.3) is 0 Å². The third-order valence-electron chi connectivity index (χ3n) is 20.7. The largest absolute Gasteiger partial charge is 0.392 e. The van der Waals surface area contributed by atoms with Crippen molar-refractivity contribution in [3.05, 3.63) is 222 Å². The molecule has 4 saturated heterocycles. The number of anilines is 2.